The molecule has 0 aliphatic carbocycles. The van der Waals surface area contributed by atoms with Crippen molar-refractivity contribution in [3.63, 3.8) is 0 Å². The third-order valence-electron chi connectivity index (χ3n) is 3.88. The van der Waals surface area contributed by atoms with Gasteiger partial charge in [-0.05, 0) is 19.1 Å². The molecule has 1 heterocycles. The van der Waals surface area contributed by atoms with Gasteiger partial charge in [-0.2, -0.15) is 0 Å². The molecular weight excluding hydrogens is 245 g/mol. The fourth-order valence-corrected chi connectivity index (χ4v) is 2.42. The van der Waals surface area contributed by atoms with Crippen LogP contribution in [-0.2, 0) is 4.79 Å². The third-order valence-corrected chi connectivity index (χ3v) is 3.88. The van der Waals surface area contributed by atoms with Gasteiger partial charge in [0.15, 0.2) is 6.04 Å². The van der Waals surface area contributed by atoms with E-state index in [1.807, 2.05) is 6.92 Å². The van der Waals surface area contributed by atoms with Crippen molar-refractivity contribution in [1.29, 1.82) is 0 Å². The molecule has 1 fully saturated rings. The summed E-state index contributed by atoms with van der Waals surface area (Å²) in [5.41, 5.74) is 0.263. The van der Waals surface area contributed by atoms with E-state index in [9.17, 15) is 9.18 Å². The van der Waals surface area contributed by atoms with Crippen LogP contribution in [0.2, 0.25) is 0 Å². The predicted molar refractivity (Wildman–Crippen MR) is 71.8 cm³/mol. The van der Waals surface area contributed by atoms with Gasteiger partial charge in [-0.1, -0.05) is 12.1 Å². The number of likely N-dealkylation sites (N-methyl/N-ethyl adjacent to an activating group) is 1. The molecule has 0 saturated carbocycles. The monoisotopic (exact) mass is 267 g/mol. The van der Waals surface area contributed by atoms with Crippen LogP contribution in [0.3, 0.4) is 0 Å². The van der Waals surface area contributed by atoms with Crippen LogP contribution in [0.5, 0.6) is 0 Å². The number of carbonyl (C=O) groups is 1. The zero-order valence-electron chi connectivity index (χ0n) is 11.5. The van der Waals surface area contributed by atoms with E-state index in [-0.39, 0.29) is 23.5 Å². The van der Waals surface area contributed by atoms with Crippen LogP contribution in [0.1, 0.15) is 6.92 Å². The fourth-order valence-electron chi connectivity index (χ4n) is 2.42. The summed E-state index contributed by atoms with van der Waals surface area (Å²) >= 11 is 0. The topological polar surface area (TPSA) is 38.0 Å². The number of carbonyl (C=O) groups excluding carboxylic acids is 1. The molecule has 1 aliphatic rings. The first-order chi connectivity index (χ1) is 9.08. The standard InChI is InChI=1S/C14H20FN3O/c1-11(18-9-7-17(2)8-10-18)14(19)16-13-6-4-3-5-12(13)15/h3-6,11H,7-10H2,1-2H3,(H,16,19)/p+2/t11-/m1/s1. The maximum Gasteiger partial charge on any atom is 0.282 e. The maximum absolute atomic E-state index is 13.5. The van der Waals surface area contributed by atoms with E-state index in [0.717, 1.165) is 26.2 Å². The number of piperazine rings is 1. The summed E-state index contributed by atoms with van der Waals surface area (Å²) in [7, 11) is 2.17. The molecule has 104 valence electrons. The number of quaternary nitrogens is 2. The van der Waals surface area contributed by atoms with E-state index in [1.54, 1.807) is 18.2 Å². The molecular formula is C14H22FN3O+2. The minimum absolute atomic E-state index is 0.111. The molecule has 4 nitrogen and oxygen atoms in total. The summed E-state index contributed by atoms with van der Waals surface area (Å²) in [4.78, 5) is 14.9. The Morgan fingerprint density at radius 1 is 1.26 bits per heavy atom. The second kappa shape index (κ2) is 6.12. The molecule has 0 radical (unpaired) electrons. The first kappa shape index (κ1) is 14.0. The Hall–Kier alpha value is -1.46. The van der Waals surface area contributed by atoms with Crippen molar-refractivity contribution >= 4 is 11.6 Å². The van der Waals surface area contributed by atoms with Crippen LogP contribution in [0.15, 0.2) is 24.3 Å². The first-order valence-corrected chi connectivity index (χ1v) is 6.79. The van der Waals surface area contributed by atoms with Gasteiger partial charge >= 0.3 is 0 Å². The average molecular weight is 267 g/mol. The lowest BCUT2D eigenvalue weighted by Crippen LogP contribution is -3.29. The van der Waals surface area contributed by atoms with Gasteiger partial charge in [-0.3, -0.25) is 4.79 Å². The summed E-state index contributed by atoms with van der Waals surface area (Å²) in [6, 6.07) is 6.13. The van der Waals surface area contributed by atoms with Crippen molar-refractivity contribution in [1.82, 2.24) is 0 Å². The lowest BCUT2D eigenvalue weighted by atomic mass is 10.2. The molecule has 1 aromatic rings. The Labute approximate surface area is 113 Å². The van der Waals surface area contributed by atoms with Gasteiger partial charge in [0, 0.05) is 0 Å². The molecule has 0 spiro atoms. The Balaban J connectivity index is 1.94. The number of amides is 1. The van der Waals surface area contributed by atoms with E-state index in [2.05, 4.69) is 12.4 Å². The van der Waals surface area contributed by atoms with Crippen LogP contribution >= 0.6 is 0 Å². The Kier molecular flexibility index (Phi) is 4.50. The smallest absolute Gasteiger partial charge is 0.282 e. The van der Waals surface area contributed by atoms with Crippen molar-refractivity contribution < 1.29 is 19.0 Å². The highest BCUT2D eigenvalue weighted by molar-refractivity contribution is 5.93. The molecule has 0 unspecified atom stereocenters. The molecule has 1 aliphatic heterocycles. The lowest BCUT2D eigenvalue weighted by molar-refractivity contribution is -1.01. The Morgan fingerprint density at radius 3 is 2.53 bits per heavy atom. The Bertz CT molecular complexity index is 444. The molecule has 0 aromatic heterocycles. The first-order valence-electron chi connectivity index (χ1n) is 6.79. The van der Waals surface area contributed by atoms with Crippen LogP contribution < -0.4 is 15.1 Å². The minimum atomic E-state index is -0.388. The fraction of sp³-hybridized carbons (Fsp3) is 0.500. The quantitative estimate of drug-likeness (QED) is 0.617. The highest BCUT2D eigenvalue weighted by Crippen LogP contribution is 2.12. The van der Waals surface area contributed by atoms with Gasteiger partial charge in [0.2, 0.25) is 0 Å². The highest BCUT2D eigenvalue weighted by atomic mass is 19.1. The molecule has 1 aromatic carbocycles. The van der Waals surface area contributed by atoms with Crippen LogP contribution in [0.25, 0.3) is 0 Å². The minimum Gasteiger partial charge on any atom is -0.328 e. The van der Waals surface area contributed by atoms with E-state index >= 15 is 0 Å². The van der Waals surface area contributed by atoms with Crippen molar-refractivity contribution in [3.8, 4) is 0 Å². The number of hydrogen-bond donors (Lipinski definition) is 3. The number of para-hydroxylation sites is 1. The van der Waals surface area contributed by atoms with E-state index in [1.165, 1.54) is 15.9 Å². The predicted octanol–water partition coefficient (Wildman–Crippen LogP) is -1.43. The van der Waals surface area contributed by atoms with Crippen LogP contribution in [0.4, 0.5) is 10.1 Å². The summed E-state index contributed by atoms with van der Waals surface area (Å²) < 4.78 is 13.5. The summed E-state index contributed by atoms with van der Waals surface area (Å²) in [6.07, 6.45) is 0. The van der Waals surface area contributed by atoms with Gasteiger partial charge in [0.05, 0.1) is 12.7 Å². The molecule has 1 atom stereocenters. The van der Waals surface area contributed by atoms with Gasteiger partial charge in [-0.15, -0.1) is 0 Å². The second-order valence-corrected chi connectivity index (χ2v) is 5.31. The van der Waals surface area contributed by atoms with Gasteiger partial charge in [0.1, 0.15) is 32.0 Å². The molecule has 3 N–H and O–H groups in total. The summed E-state index contributed by atoms with van der Waals surface area (Å²) in [5, 5.41) is 2.68. The Morgan fingerprint density at radius 2 is 1.89 bits per heavy atom. The number of anilines is 1. The lowest BCUT2D eigenvalue weighted by Gasteiger charge is -2.30. The van der Waals surface area contributed by atoms with E-state index < -0.39 is 0 Å². The normalized spacial score (nSPS) is 24.8. The molecule has 19 heavy (non-hydrogen) atoms. The molecule has 0 bridgehead atoms. The molecule has 2 rings (SSSR count). The number of halogens is 1. The van der Waals surface area contributed by atoms with Gasteiger partial charge in [0.25, 0.3) is 5.91 Å². The van der Waals surface area contributed by atoms with Crippen molar-refractivity contribution in [2.45, 2.75) is 13.0 Å². The highest BCUT2D eigenvalue weighted by Gasteiger charge is 2.29. The van der Waals surface area contributed by atoms with Gasteiger partial charge in [-0.25, -0.2) is 4.39 Å². The van der Waals surface area contributed by atoms with Gasteiger partial charge < -0.3 is 15.1 Å². The van der Waals surface area contributed by atoms with Crippen molar-refractivity contribution in [2.75, 3.05) is 38.5 Å². The third kappa shape index (κ3) is 3.52. The van der Waals surface area contributed by atoms with Crippen molar-refractivity contribution in [2.24, 2.45) is 0 Å². The van der Waals surface area contributed by atoms with Crippen LogP contribution in [-0.4, -0.2) is 45.2 Å². The molecule has 1 amide bonds. The zero-order chi connectivity index (χ0) is 13.8. The average Bonchev–Trinajstić information content (AvgIpc) is 2.41. The largest absolute Gasteiger partial charge is 0.328 e. The van der Waals surface area contributed by atoms with E-state index in [4.69, 9.17) is 0 Å². The van der Waals surface area contributed by atoms with Crippen molar-refractivity contribution in [3.05, 3.63) is 30.1 Å². The summed E-state index contributed by atoms with van der Waals surface area (Å²) in [6.45, 7) is 6.03. The summed E-state index contributed by atoms with van der Waals surface area (Å²) in [5.74, 6) is -0.500. The number of rotatable bonds is 3. The molecule has 1 saturated heterocycles. The van der Waals surface area contributed by atoms with E-state index in [0.29, 0.717) is 0 Å². The maximum atomic E-state index is 13.5. The second-order valence-electron chi connectivity index (χ2n) is 5.31. The number of nitrogens with one attached hydrogen (secondary N) is 3. The molecule has 5 heteroatoms. The number of hydrogen-bond acceptors (Lipinski definition) is 1. The SMILES string of the molecule is C[C@H](C(=O)Nc1ccccc1F)[NH+]1CC[NH+](C)CC1. The number of benzene rings is 1. The zero-order valence-corrected chi connectivity index (χ0v) is 11.5. The van der Waals surface area contributed by atoms with Crippen LogP contribution in [0, 0.1) is 5.82 Å².